The number of benzene rings is 1. The van der Waals surface area contributed by atoms with Crippen molar-refractivity contribution in [2.45, 2.75) is 26.2 Å². The molecule has 56 valence electrons. The average molecular weight is 174 g/mol. The van der Waals surface area contributed by atoms with Gasteiger partial charge in [-0.15, -0.1) is 0 Å². The van der Waals surface area contributed by atoms with Crippen LogP contribution in [0.25, 0.3) is 0 Å². The quantitative estimate of drug-likeness (QED) is 0.572. The van der Waals surface area contributed by atoms with Gasteiger partial charge in [0.15, 0.2) is 0 Å². The smallest absolute Gasteiger partial charge is 1.00 e. The normalized spacial score (nSPS) is 8.82. The molecule has 0 unspecified atom stereocenters. The van der Waals surface area contributed by atoms with Gasteiger partial charge in [-0.2, -0.15) is 0 Å². The summed E-state index contributed by atoms with van der Waals surface area (Å²) in [6, 6.07) is 10.6. The summed E-state index contributed by atoms with van der Waals surface area (Å²) in [5.41, 5.74) is 1.46. The van der Waals surface area contributed by atoms with E-state index in [2.05, 4.69) is 37.3 Å². The first-order valence-electron chi connectivity index (χ1n) is 3.97. The van der Waals surface area contributed by atoms with Gasteiger partial charge in [0.2, 0.25) is 0 Å². The van der Waals surface area contributed by atoms with Crippen molar-refractivity contribution in [2.24, 2.45) is 0 Å². The molecule has 0 saturated carbocycles. The van der Waals surface area contributed by atoms with Gasteiger partial charge in [-0.25, -0.2) is 0 Å². The minimum Gasteiger partial charge on any atom is -1.00 e. The summed E-state index contributed by atoms with van der Waals surface area (Å²) >= 11 is 0. The first-order chi connectivity index (χ1) is 4.93. The molecular weight excluding hydrogens is 159 g/mol. The summed E-state index contributed by atoms with van der Waals surface area (Å²) in [6.45, 7) is 2.23. The van der Waals surface area contributed by atoms with E-state index >= 15 is 0 Å². The van der Waals surface area contributed by atoms with E-state index in [1.165, 1.54) is 24.8 Å². The maximum absolute atomic E-state index is 2.23. The van der Waals surface area contributed by atoms with Crippen LogP contribution in [0.4, 0.5) is 0 Å². The van der Waals surface area contributed by atoms with Crippen LogP contribution in [0.2, 0.25) is 0 Å². The molecule has 0 aliphatic rings. The summed E-state index contributed by atoms with van der Waals surface area (Å²) in [4.78, 5) is 0. The Morgan fingerprint density at radius 2 is 1.82 bits per heavy atom. The molecule has 0 N–H and O–H groups in total. The molecule has 11 heavy (non-hydrogen) atoms. The summed E-state index contributed by atoms with van der Waals surface area (Å²) in [5, 5.41) is 0. The van der Waals surface area contributed by atoms with E-state index in [-0.39, 0.29) is 52.8 Å². The fraction of sp³-hybridized carbons (Fsp3) is 0.400. The van der Waals surface area contributed by atoms with E-state index in [1.807, 2.05) is 0 Å². The Labute approximate surface area is 113 Å². The van der Waals surface area contributed by atoms with Gasteiger partial charge < -0.3 is 1.43 Å². The Morgan fingerprint density at radius 3 is 2.36 bits per heavy atom. The van der Waals surface area contributed by atoms with Crippen LogP contribution in [0.5, 0.6) is 0 Å². The van der Waals surface area contributed by atoms with Crippen molar-refractivity contribution >= 4 is 0 Å². The van der Waals surface area contributed by atoms with Crippen molar-refractivity contribution in [1.29, 1.82) is 0 Å². The van der Waals surface area contributed by atoms with E-state index < -0.39 is 0 Å². The van der Waals surface area contributed by atoms with Crippen LogP contribution in [0.1, 0.15) is 26.8 Å². The molecule has 0 atom stereocenters. The molecule has 0 amide bonds. The van der Waals surface area contributed by atoms with Crippen LogP contribution in [-0.4, -0.2) is 0 Å². The number of aryl methyl sites for hydroxylation is 1. The Bertz CT molecular complexity index is 174. The van der Waals surface area contributed by atoms with Crippen molar-refractivity contribution in [3.05, 3.63) is 35.9 Å². The predicted octanol–water partition coefficient (Wildman–Crippen LogP) is 0.146. The zero-order chi connectivity index (χ0) is 7.23. The van der Waals surface area contributed by atoms with Crippen LogP contribution >= 0.6 is 0 Å². The average Bonchev–Trinajstić information content (AvgIpc) is 2.03. The molecule has 0 aliphatic heterocycles. The van der Waals surface area contributed by atoms with Crippen molar-refractivity contribution < 1.29 is 52.8 Å². The maximum Gasteiger partial charge on any atom is 1.00 e. The van der Waals surface area contributed by atoms with Crippen molar-refractivity contribution in [1.82, 2.24) is 0 Å². The molecule has 0 fully saturated rings. The molecule has 0 radical (unpaired) electrons. The van der Waals surface area contributed by atoms with Crippen molar-refractivity contribution in [2.75, 3.05) is 0 Å². The molecule has 0 aliphatic carbocycles. The third kappa shape index (κ3) is 5.15. The van der Waals surface area contributed by atoms with Gasteiger partial charge >= 0.3 is 51.4 Å². The monoisotopic (exact) mass is 174 g/mol. The molecule has 0 heterocycles. The SMILES string of the molecule is CCCCc1ccccc1.[H-].[K+]. The molecular formula is C10H15K. The minimum absolute atomic E-state index is 0. The van der Waals surface area contributed by atoms with E-state index in [0.29, 0.717) is 0 Å². The van der Waals surface area contributed by atoms with Gasteiger partial charge in [-0.05, 0) is 18.4 Å². The molecule has 1 heteroatoms. The third-order valence-electron chi connectivity index (χ3n) is 1.66. The summed E-state index contributed by atoms with van der Waals surface area (Å²) in [5.74, 6) is 0. The summed E-state index contributed by atoms with van der Waals surface area (Å²) in [7, 11) is 0. The second kappa shape index (κ2) is 7.50. The molecule has 1 aromatic carbocycles. The summed E-state index contributed by atoms with van der Waals surface area (Å²) in [6.07, 6.45) is 3.83. The first kappa shape index (κ1) is 11.9. The van der Waals surface area contributed by atoms with Crippen LogP contribution < -0.4 is 51.4 Å². The van der Waals surface area contributed by atoms with Gasteiger partial charge in [0.25, 0.3) is 0 Å². The number of hydrogen-bond donors (Lipinski definition) is 0. The van der Waals surface area contributed by atoms with Crippen LogP contribution in [0, 0.1) is 0 Å². The second-order valence-corrected chi connectivity index (χ2v) is 2.59. The van der Waals surface area contributed by atoms with E-state index in [0.717, 1.165) is 0 Å². The van der Waals surface area contributed by atoms with E-state index in [4.69, 9.17) is 0 Å². The van der Waals surface area contributed by atoms with Crippen LogP contribution in [-0.2, 0) is 6.42 Å². The Kier molecular flexibility index (Phi) is 8.09. The minimum atomic E-state index is 0. The molecule has 1 aromatic rings. The second-order valence-electron chi connectivity index (χ2n) is 2.59. The molecule has 0 spiro atoms. The van der Waals surface area contributed by atoms with Crippen molar-refractivity contribution in [3.8, 4) is 0 Å². The number of unbranched alkanes of at least 4 members (excludes halogenated alkanes) is 1. The fourth-order valence-corrected chi connectivity index (χ4v) is 1.03. The number of hydrogen-bond acceptors (Lipinski definition) is 0. The topological polar surface area (TPSA) is 0 Å². The molecule has 0 bridgehead atoms. The maximum atomic E-state index is 2.23. The summed E-state index contributed by atoms with van der Waals surface area (Å²) < 4.78 is 0. The largest absolute Gasteiger partial charge is 1.00 e. The van der Waals surface area contributed by atoms with Crippen molar-refractivity contribution in [3.63, 3.8) is 0 Å². The van der Waals surface area contributed by atoms with E-state index in [1.54, 1.807) is 0 Å². The van der Waals surface area contributed by atoms with Crippen LogP contribution in [0.3, 0.4) is 0 Å². The Morgan fingerprint density at radius 1 is 1.18 bits per heavy atom. The molecule has 0 nitrogen and oxygen atoms in total. The Balaban J connectivity index is 0. The van der Waals surface area contributed by atoms with E-state index in [9.17, 15) is 0 Å². The zero-order valence-electron chi connectivity index (χ0n) is 8.51. The molecule has 0 aromatic heterocycles. The van der Waals surface area contributed by atoms with Gasteiger partial charge in [-0.1, -0.05) is 43.7 Å². The predicted molar refractivity (Wildman–Crippen MR) is 46.2 cm³/mol. The fourth-order valence-electron chi connectivity index (χ4n) is 1.03. The molecule has 1 rings (SSSR count). The van der Waals surface area contributed by atoms with Crippen LogP contribution in [0.15, 0.2) is 30.3 Å². The standard InChI is InChI=1S/C10H14.K.H/c1-2-3-7-10-8-5-4-6-9-10;;/h4-6,8-9H,2-3,7H2,1H3;;/q;+1;-1. The number of rotatable bonds is 3. The zero-order valence-corrected chi connectivity index (χ0v) is 10.6. The van der Waals surface area contributed by atoms with Gasteiger partial charge in [0, 0.05) is 0 Å². The molecule has 0 saturated heterocycles. The van der Waals surface area contributed by atoms with Gasteiger partial charge in [-0.3, -0.25) is 0 Å². The van der Waals surface area contributed by atoms with Gasteiger partial charge in [0.05, 0.1) is 0 Å². The van der Waals surface area contributed by atoms with Gasteiger partial charge in [0.1, 0.15) is 0 Å². The third-order valence-corrected chi connectivity index (χ3v) is 1.66. The Hall–Kier alpha value is 0.856. The first-order valence-corrected chi connectivity index (χ1v) is 3.97.